The molecule has 0 aromatic carbocycles. The molecule has 0 aromatic heterocycles. The number of nitrogens with zero attached hydrogens (tertiary/aromatic N) is 3. The maximum absolute atomic E-state index is 13.6. The Balaban J connectivity index is 1.70. The highest BCUT2D eigenvalue weighted by atomic mass is 16.7. The van der Waals surface area contributed by atoms with Crippen LogP contribution in [0.3, 0.4) is 0 Å². The minimum absolute atomic E-state index is 0.0207. The molecule has 1 heterocycles. The van der Waals surface area contributed by atoms with Gasteiger partial charge in [-0.25, -0.2) is 0 Å². The number of unbranched alkanes of at least 4 members (excludes halogenated alkanes) is 22. The second-order valence-corrected chi connectivity index (χ2v) is 22.0. The molecular formula is C61H117N3O10. The van der Waals surface area contributed by atoms with Crippen molar-refractivity contribution in [2.75, 3.05) is 92.6 Å². The zero-order valence-electron chi connectivity index (χ0n) is 48.6. The summed E-state index contributed by atoms with van der Waals surface area (Å²) >= 11 is 0. The molecule has 436 valence electrons. The zero-order valence-corrected chi connectivity index (χ0v) is 48.6. The number of likely N-dealkylation sites (tertiary alicyclic amines) is 1. The van der Waals surface area contributed by atoms with E-state index in [0.29, 0.717) is 77.9 Å². The lowest BCUT2D eigenvalue weighted by Crippen LogP contribution is -2.43. The topological polar surface area (TPSA) is 137 Å². The smallest absolute Gasteiger partial charge is 0.323 e. The van der Waals surface area contributed by atoms with Crippen molar-refractivity contribution in [2.45, 2.75) is 283 Å². The van der Waals surface area contributed by atoms with Crippen molar-refractivity contribution in [1.82, 2.24) is 14.7 Å². The Hall–Kier alpha value is -1.87. The Labute approximate surface area is 454 Å². The number of aliphatic hydroxyl groups is 1. The van der Waals surface area contributed by atoms with Gasteiger partial charge in [-0.2, -0.15) is 0 Å². The predicted octanol–water partition coefficient (Wildman–Crippen LogP) is 13.1. The van der Waals surface area contributed by atoms with E-state index in [9.17, 15) is 19.5 Å². The molecule has 0 spiro atoms. The Kier molecular flexibility index (Phi) is 45.6. The van der Waals surface area contributed by atoms with E-state index in [2.05, 4.69) is 42.5 Å². The van der Waals surface area contributed by atoms with Crippen LogP contribution >= 0.6 is 0 Å². The summed E-state index contributed by atoms with van der Waals surface area (Å²) in [5.41, 5.74) is 0. The number of ether oxygens (including phenoxy) is 6. The van der Waals surface area contributed by atoms with Gasteiger partial charge in [0.05, 0.1) is 39.0 Å². The second-order valence-electron chi connectivity index (χ2n) is 22.0. The maximum Gasteiger partial charge on any atom is 0.323 e. The van der Waals surface area contributed by atoms with Gasteiger partial charge in [-0.15, -0.1) is 0 Å². The van der Waals surface area contributed by atoms with Crippen LogP contribution in [0, 0.1) is 0 Å². The monoisotopic (exact) mass is 1050 g/mol. The molecule has 74 heavy (non-hydrogen) atoms. The molecule has 1 aliphatic carbocycles. The summed E-state index contributed by atoms with van der Waals surface area (Å²) < 4.78 is 35.6. The van der Waals surface area contributed by atoms with E-state index in [0.717, 1.165) is 129 Å². The fourth-order valence-electron chi connectivity index (χ4n) is 10.5. The van der Waals surface area contributed by atoms with Crippen LogP contribution < -0.4 is 0 Å². The van der Waals surface area contributed by atoms with Gasteiger partial charge in [-0.05, 0) is 77.8 Å². The third kappa shape index (κ3) is 37.8. The molecule has 2 aliphatic rings. The number of aliphatic hydroxyl groups excluding tert-OH is 1. The summed E-state index contributed by atoms with van der Waals surface area (Å²) in [7, 11) is 2.17. The normalized spacial score (nSPS) is 16.5. The lowest BCUT2D eigenvalue weighted by atomic mass is 9.94. The van der Waals surface area contributed by atoms with Gasteiger partial charge in [0.1, 0.15) is 6.04 Å². The molecule has 1 N–H and O–H groups in total. The number of hydrogen-bond acceptors (Lipinski definition) is 13. The molecular weight excluding hydrogens is 935 g/mol. The van der Waals surface area contributed by atoms with Gasteiger partial charge in [-0.1, -0.05) is 168 Å². The van der Waals surface area contributed by atoms with E-state index in [4.69, 9.17) is 28.4 Å². The van der Waals surface area contributed by atoms with E-state index in [1.165, 1.54) is 116 Å². The largest absolute Gasteiger partial charge is 0.466 e. The SMILES string of the molecule is CCCCCCCCCCCOC(=O)CCCCCN1CC(OCCCN(C)CCN(CCO)C2CCCCC2)CC1C(=O)OCCCCCCCOC(=O)CCC(OCCCCCCC)OCCCCCCC. The third-order valence-corrected chi connectivity index (χ3v) is 15.2. The van der Waals surface area contributed by atoms with Gasteiger partial charge in [-0.3, -0.25) is 24.2 Å². The molecule has 2 atom stereocenters. The van der Waals surface area contributed by atoms with Crippen LogP contribution in [0.4, 0.5) is 0 Å². The first-order valence-corrected chi connectivity index (χ1v) is 31.4. The maximum atomic E-state index is 13.6. The summed E-state index contributed by atoms with van der Waals surface area (Å²) in [5, 5.41) is 9.70. The number of carbonyl (C=O) groups excluding carboxylic acids is 3. The standard InChI is InChI=1S/C61H117N3O10/c1-5-8-11-14-15-16-17-21-30-47-70-58(66)38-28-25-29-42-64-54-56(69-52-35-41-62(4)43-44-63(45-46-65)55-36-26-24-27-37-55)53-57(64)61(68)74-51-34-23-18-22-31-48-71-59(67)39-40-60(72-49-32-19-12-9-6-2)73-50-33-20-13-10-7-3/h55-57,60,65H,5-54H2,1-4H3. The van der Waals surface area contributed by atoms with Crippen LogP contribution in [0.1, 0.15) is 258 Å². The number of rotatable bonds is 53. The van der Waals surface area contributed by atoms with Crippen molar-refractivity contribution in [3.8, 4) is 0 Å². The van der Waals surface area contributed by atoms with Gasteiger partial charge < -0.3 is 38.4 Å². The summed E-state index contributed by atoms with van der Waals surface area (Å²) in [6.45, 7) is 15.4. The highest BCUT2D eigenvalue weighted by Crippen LogP contribution is 2.25. The van der Waals surface area contributed by atoms with Crippen molar-refractivity contribution in [2.24, 2.45) is 0 Å². The zero-order chi connectivity index (χ0) is 53.4. The van der Waals surface area contributed by atoms with Crippen molar-refractivity contribution < 1.29 is 47.9 Å². The van der Waals surface area contributed by atoms with Crippen LogP contribution in [0.25, 0.3) is 0 Å². The third-order valence-electron chi connectivity index (χ3n) is 15.2. The Bertz CT molecular complexity index is 1270. The van der Waals surface area contributed by atoms with Crippen LogP contribution in [-0.2, 0) is 42.8 Å². The molecule has 0 amide bonds. The van der Waals surface area contributed by atoms with E-state index < -0.39 is 0 Å². The van der Waals surface area contributed by atoms with E-state index in [1.54, 1.807) is 0 Å². The summed E-state index contributed by atoms with van der Waals surface area (Å²) in [5.74, 6) is -0.451. The second kappa shape index (κ2) is 49.4. The molecule has 1 saturated heterocycles. The first-order valence-electron chi connectivity index (χ1n) is 31.4. The molecule has 0 aromatic rings. The summed E-state index contributed by atoms with van der Waals surface area (Å²) in [6, 6.07) is 0.277. The van der Waals surface area contributed by atoms with E-state index >= 15 is 0 Å². The number of carbonyl (C=O) groups is 3. The average molecular weight is 1050 g/mol. The lowest BCUT2D eigenvalue weighted by Gasteiger charge is -2.35. The first-order chi connectivity index (χ1) is 36.3. The van der Waals surface area contributed by atoms with Crippen molar-refractivity contribution in [3.05, 3.63) is 0 Å². The molecule has 2 unspecified atom stereocenters. The molecule has 2 fully saturated rings. The van der Waals surface area contributed by atoms with Gasteiger partial charge in [0, 0.05) is 77.8 Å². The quantitative estimate of drug-likeness (QED) is 0.0268. The van der Waals surface area contributed by atoms with Gasteiger partial charge in [0.15, 0.2) is 6.29 Å². The number of hydrogen-bond donors (Lipinski definition) is 1. The van der Waals surface area contributed by atoms with Gasteiger partial charge in [0.25, 0.3) is 0 Å². The van der Waals surface area contributed by atoms with Gasteiger partial charge >= 0.3 is 17.9 Å². The molecule has 0 bridgehead atoms. The average Bonchev–Trinajstić information content (AvgIpc) is 3.82. The van der Waals surface area contributed by atoms with E-state index in [1.807, 2.05) is 0 Å². The van der Waals surface area contributed by atoms with E-state index in [-0.39, 0.29) is 43.0 Å². The van der Waals surface area contributed by atoms with Crippen LogP contribution in [0.5, 0.6) is 0 Å². The highest BCUT2D eigenvalue weighted by molar-refractivity contribution is 5.76. The van der Waals surface area contributed by atoms with Crippen molar-refractivity contribution >= 4 is 17.9 Å². The Morgan fingerprint density at radius 3 is 1.58 bits per heavy atom. The Morgan fingerprint density at radius 1 is 0.527 bits per heavy atom. The lowest BCUT2D eigenvalue weighted by molar-refractivity contribution is -0.159. The molecule has 13 nitrogen and oxygen atoms in total. The molecule has 1 aliphatic heterocycles. The van der Waals surface area contributed by atoms with Gasteiger partial charge in [0.2, 0.25) is 0 Å². The number of likely N-dealkylation sites (N-methyl/N-ethyl adjacent to an activating group) is 1. The summed E-state index contributed by atoms with van der Waals surface area (Å²) in [4.78, 5) is 45.7. The fraction of sp³-hybridized carbons (Fsp3) is 0.951. The van der Waals surface area contributed by atoms with Crippen LogP contribution in [0.15, 0.2) is 0 Å². The summed E-state index contributed by atoms with van der Waals surface area (Å²) in [6.07, 6.45) is 39.0. The first kappa shape index (κ1) is 68.2. The number of esters is 3. The molecule has 0 radical (unpaired) electrons. The van der Waals surface area contributed by atoms with Crippen molar-refractivity contribution in [1.29, 1.82) is 0 Å². The minimum Gasteiger partial charge on any atom is -0.466 e. The van der Waals surface area contributed by atoms with Crippen molar-refractivity contribution in [3.63, 3.8) is 0 Å². The Morgan fingerprint density at radius 2 is 1.03 bits per heavy atom. The van der Waals surface area contributed by atoms with Crippen LogP contribution in [0.2, 0.25) is 0 Å². The van der Waals surface area contributed by atoms with Crippen LogP contribution in [-0.4, -0.2) is 155 Å². The minimum atomic E-state index is -0.354. The highest BCUT2D eigenvalue weighted by Gasteiger charge is 2.38. The molecule has 1 saturated carbocycles. The predicted molar refractivity (Wildman–Crippen MR) is 301 cm³/mol. The molecule has 13 heteroatoms. The molecule has 2 rings (SSSR count). The fourth-order valence-corrected chi connectivity index (χ4v) is 10.5.